The van der Waals surface area contributed by atoms with Crippen LogP contribution < -0.4 is 0 Å². The molecule has 4 heteroatoms. The van der Waals surface area contributed by atoms with Gasteiger partial charge in [0.05, 0.1) is 0 Å². The van der Waals surface area contributed by atoms with Gasteiger partial charge in [0.15, 0.2) is 5.82 Å². The first-order valence-corrected chi connectivity index (χ1v) is 6.74. The molecule has 0 N–H and O–H groups in total. The lowest BCUT2D eigenvalue weighted by Crippen LogP contribution is -2.12. The molecule has 0 aliphatic carbocycles. The molecule has 0 aliphatic rings. The van der Waals surface area contributed by atoms with E-state index >= 15 is 0 Å². The second-order valence-electron chi connectivity index (χ2n) is 4.26. The number of aromatic nitrogens is 2. The maximum atomic E-state index is 12.5. The molecule has 0 atom stereocenters. The summed E-state index contributed by atoms with van der Waals surface area (Å²) in [5, 5.41) is 0. The van der Waals surface area contributed by atoms with Crippen molar-refractivity contribution in [3.05, 3.63) is 52.0 Å². The van der Waals surface area contributed by atoms with Gasteiger partial charge in [0.1, 0.15) is 0 Å². The molecular weight excluding hydrogens is 292 g/mol. The highest BCUT2D eigenvalue weighted by atomic mass is 79.9. The molecule has 0 aliphatic heterocycles. The summed E-state index contributed by atoms with van der Waals surface area (Å²) in [7, 11) is 0. The molecule has 0 amide bonds. The number of carbonyl (C=O) groups is 1. The maximum Gasteiger partial charge on any atom is 0.229 e. The quantitative estimate of drug-likeness (QED) is 0.809. The van der Waals surface area contributed by atoms with Gasteiger partial charge in [-0.2, -0.15) is 0 Å². The van der Waals surface area contributed by atoms with Gasteiger partial charge in [-0.3, -0.25) is 4.79 Å². The van der Waals surface area contributed by atoms with Crippen LogP contribution in [0.1, 0.15) is 35.1 Å². The molecule has 3 nitrogen and oxygen atoms in total. The van der Waals surface area contributed by atoms with E-state index in [1.54, 1.807) is 6.20 Å². The van der Waals surface area contributed by atoms with E-state index in [9.17, 15) is 4.79 Å². The Morgan fingerprint density at radius 3 is 2.94 bits per heavy atom. The Balaban J connectivity index is 2.41. The first kappa shape index (κ1) is 13.0. The summed E-state index contributed by atoms with van der Waals surface area (Å²) in [6.45, 7) is 4.86. The fourth-order valence-electron chi connectivity index (χ4n) is 1.87. The predicted octanol–water partition coefficient (Wildman–Crippen LogP) is 3.60. The zero-order chi connectivity index (χ0) is 13.1. The Labute approximate surface area is 115 Å². The molecule has 0 spiro atoms. The summed E-state index contributed by atoms with van der Waals surface area (Å²) < 4.78 is 2.71. The second kappa shape index (κ2) is 5.48. The van der Waals surface area contributed by atoms with Crippen LogP contribution in [0.3, 0.4) is 0 Å². The predicted molar refractivity (Wildman–Crippen MR) is 74.8 cm³/mol. The first-order chi connectivity index (χ1) is 8.63. The van der Waals surface area contributed by atoms with Gasteiger partial charge < -0.3 is 4.57 Å². The lowest BCUT2D eigenvalue weighted by Gasteiger charge is -2.07. The minimum absolute atomic E-state index is 0.0379. The number of imidazole rings is 1. The zero-order valence-corrected chi connectivity index (χ0v) is 12.1. The topological polar surface area (TPSA) is 34.9 Å². The molecule has 0 saturated heterocycles. The molecular formula is C14H15BrN2O. The molecule has 2 rings (SSSR count). The number of nitrogens with zero attached hydrogens (tertiary/aromatic N) is 2. The summed E-state index contributed by atoms with van der Waals surface area (Å²) in [5.41, 5.74) is 1.73. The number of benzene rings is 1. The monoisotopic (exact) mass is 306 g/mol. The smallest absolute Gasteiger partial charge is 0.229 e. The second-order valence-corrected chi connectivity index (χ2v) is 5.11. The van der Waals surface area contributed by atoms with Crippen LogP contribution in [0.2, 0.25) is 0 Å². The van der Waals surface area contributed by atoms with Crippen LogP contribution in [0.4, 0.5) is 0 Å². The van der Waals surface area contributed by atoms with E-state index in [-0.39, 0.29) is 5.78 Å². The lowest BCUT2D eigenvalue weighted by molar-refractivity contribution is 0.102. The van der Waals surface area contributed by atoms with Crippen LogP contribution in [0.25, 0.3) is 0 Å². The Bertz CT molecular complexity index is 575. The number of hydrogen-bond donors (Lipinski definition) is 0. The number of rotatable bonds is 4. The molecule has 1 heterocycles. The van der Waals surface area contributed by atoms with E-state index in [4.69, 9.17) is 0 Å². The molecule has 0 unspecified atom stereocenters. The largest absolute Gasteiger partial charge is 0.328 e. The molecule has 0 bridgehead atoms. The normalized spacial score (nSPS) is 10.6. The van der Waals surface area contributed by atoms with Crippen molar-refractivity contribution >= 4 is 21.7 Å². The van der Waals surface area contributed by atoms with E-state index in [1.165, 1.54) is 0 Å². The molecule has 18 heavy (non-hydrogen) atoms. The highest BCUT2D eigenvalue weighted by Gasteiger charge is 2.17. The van der Waals surface area contributed by atoms with Crippen molar-refractivity contribution in [1.29, 1.82) is 0 Å². The molecule has 0 fully saturated rings. The fourth-order valence-corrected chi connectivity index (χ4v) is 2.30. The van der Waals surface area contributed by atoms with Crippen LogP contribution in [0, 0.1) is 6.92 Å². The van der Waals surface area contributed by atoms with Gasteiger partial charge in [-0.15, -0.1) is 0 Å². The summed E-state index contributed by atoms with van der Waals surface area (Å²) in [6.07, 6.45) is 4.50. The third kappa shape index (κ3) is 2.53. The third-order valence-electron chi connectivity index (χ3n) is 2.75. The van der Waals surface area contributed by atoms with Crippen molar-refractivity contribution in [1.82, 2.24) is 9.55 Å². The lowest BCUT2D eigenvalue weighted by atomic mass is 10.1. The van der Waals surface area contributed by atoms with Crippen molar-refractivity contribution in [3.8, 4) is 0 Å². The number of hydrogen-bond acceptors (Lipinski definition) is 2. The van der Waals surface area contributed by atoms with Gasteiger partial charge in [0.25, 0.3) is 0 Å². The van der Waals surface area contributed by atoms with Crippen LogP contribution in [-0.2, 0) is 6.54 Å². The van der Waals surface area contributed by atoms with E-state index in [0.29, 0.717) is 11.4 Å². The van der Waals surface area contributed by atoms with Gasteiger partial charge in [-0.1, -0.05) is 34.5 Å². The van der Waals surface area contributed by atoms with E-state index in [2.05, 4.69) is 27.8 Å². The van der Waals surface area contributed by atoms with Crippen molar-refractivity contribution in [2.45, 2.75) is 26.8 Å². The average molecular weight is 307 g/mol. The van der Waals surface area contributed by atoms with Gasteiger partial charge in [0, 0.05) is 29.0 Å². The molecule has 1 aromatic heterocycles. The zero-order valence-electron chi connectivity index (χ0n) is 10.5. The Morgan fingerprint density at radius 1 is 1.44 bits per heavy atom. The summed E-state index contributed by atoms with van der Waals surface area (Å²) in [6, 6.07) is 5.76. The Morgan fingerprint density at radius 2 is 2.22 bits per heavy atom. The van der Waals surface area contributed by atoms with E-state index < -0.39 is 0 Å². The summed E-state index contributed by atoms with van der Waals surface area (Å²) in [4.78, 5) is 16.6. The molecule has 1 aromatic carbocycles. The van der Waals surface area contributed by atoms with Crippen molar-refractivity contribution in [2.75, 3.05) is 0 Å². The van der Waals surface area contributed by atoms with Gasteiger partial charge in [0.2, 0.25) is 5.78 Å². The van der Waals surface area contributed by atoms with Gasteiger partial charge in [-0.05, 0) is 25.5 Å². The number of halogens is 1. The van der Waals surface area contributed by atoms with Crippen molar-refractivity contribution in [3.63, 3.8) is 0 Å². The number of aryl methyl sites for hydroxylation is 2. The van der Waals surface area contributed by atoms with E-state index in [1.807, 2.05) is 35.9 Å². The maximum absolute atomic E-state index is 12.5. The van der Waals surface area contributed by atoms with Crippen LogP contribution in [-0.4, -0.2) is 15.3 Å². The van der Waals surface area contributed by atoms with Crippen LogP contribution in [0.5, 0.6) is 0 Å². The molecule has 94 valence electrons. The number of ketones is 1. The minimum Gasteiger partial charge on any atom is -0.328 e. The van der Waals surface area contributed by atoms with Gasteiger partial charge >= 0.3 is 0 Å². The molecule has 2 aromatic rings. The Hall–Kier alpha value is -1.42. The highest BCUT2D eigenvalue weighted by molar-refractivity contribution is 9.10. The van der Waals surface area contributed by atoms with Crippen molar-refractivity contribution in [2.24, 2.45) is 0 Å². The van der Waals surface area contributed by atoms with Crippen molar-refractivity contribution < 1.29 is 4.79 Å². The fraction of sp³-hybridized carbons (Fsp3) is 0.286. The van der Waals surface area contributed by atoms with E-state index in [0.717, 1.165) is 23.0 Å². The van der Waals surface area contributed by atoms with Gasteiger partial charge in [-0.25, -0.2) is 4.98 Å². The molecule has 0 saturated carbocycles. The number of carbonyl (C=O) groups excluding carboxylic acids is 1. The Kier molecular flexibility index (Phi) is 3.97. The first-order valence-electron chi connectivity index (χ1n) is 5.95. The average Bonchev–Trinajstić information content (AvgIpc) is 2.80. The van der Waals surface area contributed by atoms with Crippen LogP contribution >= 0.6 is 15.9 Å². The standard InChI is InChI=1S/C14H15BrN2O/c1-3-7-17-8-6-16-14(17)13(18)11-9-10(2)4-5-12(11)15/h4-6,8-9H,3,7H2,1-2H3. The SMILES string of the molecule is CCCn1ccnc1C(=O)c1cc(C)ccc1Br. The minimum atomic E-state index is -0.0379. The third-order valence-corrected chi connectivity index (χ3v) is 3.44. The summed E-state index contributed by atoms with van der Waals surface area (Å²) >= 11 is 3.42. The summed E-state index contributed by atoms with van der Waals surface area (Å²) in [5.74, 6) is 0.465. The highest BCUT2D eigenvalue weighted by Crippen LogP contribution is 2.21. The molecule has 0 radical (unpaired) electrons. The van der Waals surface area contributed by atoms with Crippen LogP contribution in [0.15, 0.2) is 35.1 Å².